The van der Waals surface area contributed by atoms with Gasteiger partial charge in [-0.3, -0.25) is 4.68 Å². The van der Waals surface area contributed by atoms with Crippen LogP contribution in [-0.2, 0) is 20.1 Å². The summed E-state index contributed by atoms with van der Waals surface area (Å²) < 4.78 is 14.6. The van der Waals surface area contributed by atoms with E-state index in [0.717, 1.165) is 17.0 Å². The number of aryl methyl sites for hydroxylation is 2. The third-order valence-electron chi connectivity index (χ3n) is 2.55. The first-order valence-corrected chi connectivity index (χ1v) is 5.45. The van der Waals surface area contributed by atoms with E-state index < -0.39 is 0 Å². The van der Waals surface area contributed by atoms with Crippen molar-refractivity contribution in [3.8, 4) is 0 Å². The van der Waals surface area contributed by atoms with Gasteiger partial charge in [0.2, 0.25) is 0 Å². The summed E-state index contributed by atoms with van der Waals surface area (Å²) in [5.41, 5.74) is 2.04. The molecule has 4 nitrogen and oxygen atoms in total. The predicted molar refractivity (Wildman–Crippen MR) is 62.7 cm³/mol. The molecule has 0 spiro atoms. The quantitative estimate of drug-likeness (QED) is 0.872. The Morgan fingerprint density at radius 2 is 2.18 bits per heavy atom. The number of hydrogen-bond acceptors (Lipinski definition) is 3. The summed E-state index contributed by atoms with van der Waals surface area (Å²) >= 11 is 0. The normalized spacial score (nSPS) is 10.8. The van der Waals surface area contributed by atoms with Crippen LogP contribution < -0.4 is 5.32 Å². The van der Waals surface area contributed by atoms with Crippen molar-refractivity contribution in [2.75, 3.05) is 0 Å². The van der Waals surface area contributed by atoms with Crippen molar-refractivity contribution in [3.63, 3.8) is 0 Å². The van der Waals surface area contributed by atoms with E-state index in [1.165, 1.54) is 12.1 Å². The molecule has 1 N–H and O–H groups in total. The molecule has 2 aromatic rings. The van der Waals surface area contributed by atoms with E-state index in [2.05, 4.69) is 15.4 Å². The van der Waals surface area contributed by atoms with Gasteiger partial charge in [0.25, 0.3) is 0 Å². The van der Waals surface area contributed by atoms with Gasteiger partial charge in [-0.15, -0.1) is 0 Å². The zero-order valence-corrected chi connectivity index (χ0v) is 9.94. The van der Waals surface area contributed by atoms with Gasteiger partial charge in [0, 0.05) is 13.6 Å². The molecule has 0 saturated heterocycles. The molecule has 0 bridgehead atoms. The molecule has 1 aromatic heterocycles. The molecule has 0 atom stereocenters. The van der Waals surface area contributed by atoms with Crippen LogP contribution in [0, 0.1) is 12.7 Å². The van der Waals surface area contributed by atoms with E-state index in [9.17, 15) is 4.39 Å². The van der Waals surface area contributed by atoms with Gasteiger partial charge in [-0.05, 0) is 30.2 Å². The smallest absolute Gasteiger partial charge is 0.164 e. The van der Waals surface area contributed by atoms with E-state index in [1.807, 2.05) is 14.0 Å². The lowest BCUT2D eigenvalue weighted by Crippen LogP contribution is -2.14. The molecular weight excluding hydrogens is 219 g/mol. The molecule has 0 amide bonds. The maximum absolute atomic E-state index is 12.9. The Labute approximate surface area is 99.5 Å². The van der Waals surface area contributed by atoms with E-state index >= 15 is 0 Å². The summed E-state index contributed by atoms with van der Waals surface area (Å²) in [5, 5.41) is 7.39. The SMILES string of the molecule is Cc1cc(F)ccc1CNCc1ncn(C)n1. The zero-order chi connectivity index (χ0) is 12.3. The topological polar surface area (TPSA) is 42.7 Å². The largest absolute Gasteiger partial charge is 0.306 e. The molecule has 90 valence electrons. The third kappa shape index (κ3) is 3.10. The second-order valence-electron chi connectivity index (χ2n) is 4.01. The Morgan fingerprint density at radius 1 is 1.35 bits per heavy atom. The lowest BCUT2D eigenvalue weighted by molar-refractivity contribution is 0.620. The Hall–Kier alpha value is -1.75. The van der Waals surface area contributed by atoms with Crippen LogP contribution in [0.3, 0.4) is 0 Å². The van der Waals surface area contributed by atoms with Gasteiger partial charge in [-0.1, -0.05) is 6.07 Å². The van der Waals surface area contributed by atoms with Crippen molar-refractivity contribution in [1.29, 1.82) is 0 Å². The molecule has 0 saturated carbocycles. The van der Waals surface area contributed by atoms with Crippen LogP contribution in [0.5, 0.6) is 0 Å². The highest BCUT2D eigenvalue weighted by atomic mass is 19.1. The van der Waals surface area contributed by atoms with Crippen molar-refractivity contribution >= 4 is 0 Å². The molecule has 17 heavy (non-hydrogen) atoms. The van der Waals surface area contributed by atoms with Crippen molar-refractivity contribution in [2.45, 2.75) is 20.0 Å². The maximum Gasteiger partial charge on any atom is 0.164 e. The fourth-order valence-corrected chi connectivity index (χ4v) is 1.63. The van der Waals surface area contributed by atoms with E-state index in [4.69, 9.17) is 0 Å². The molecule has 5 heteroatoms. The van der Waals surface area contributed by atoms with E-state index in [-0.39, 0.29) is 5.82 Å². The van der Waals surface area contributed by atoms with Gasteiger partial charge in [-0.25, -0.2) is 9.37 Å². The molecule has 2 rings (SSSR count). The van der Waals surface area contributed by atoms with Crippen LogP contribution in [0.1, 0.15) is 17.0 Å². The molecule has 0 aliphatic heterocycles. The first kappa shape index (κ1) is 11.7. The number of benzene rings is 1. The van der Waals surface area contributed by atoms with Crippen LogP contribution in [0.15, 0.2) is 24.5 Å². The van der Waals surface area contributed by atoms with Gasteiger partial charge in [0.05, 0.1) is 6.54 Å². The molecule has 0 radical (unpaired) electrons. The summed E-state index contributed by atoms with van der Waals surface area (Å²) in [7, 11) is 1.83. The first-order valence-electron chi connectivity index (χ1n) is 5.45. The highest BCUT2D eigenvalue weighted by molar-refractivity contribution is 5.26. The van der Waals surface area contributed by atoms with Crippen LogP contribution in [0.25, 0.3) is 0 Å². The van der Waals surface area contributed by atoms with Crippen molar-refractivity contribution in [1.82, 2.24) is 20.1 Å². The van der Waals surface area contributed by atoms with E-state index in [1.54, 1.807) is 17.1 Å². The monoisotopic (exact) mass is 234 g/mol. The summed E-state index contributed by atoms with van der Waals surface area (Å²) in [5.74, 6) is 0.560. The Bertz CT molecular complexity index is 507. The number of halogens is 1. The lowest BCUT2D eigenvalue weighted by Gasteiger charge is -2.06. The summed E-state index contributed by atoms with van der Waals surface area (Å²) in [6.45, 7) is 3.20. The van der Waals surface area contributed by atoms with Crippen molar-refractivity contribution in [3.05, 3.63) is 47.3 Å². The highest BCUT2D eigenvalue weighted by Crippen LogP contribution is 2.09. The van der Waals surface area contributed by atoms with Gasteiger partial charge in [0.1, 0.15) is 12.1 Å². The molecule has 0 aliphatic carbocycles. The molecule has 1 heterocycles. The second kappa shape index (κ2) is 5.05. The van der Waals surface area contributed by atoms with Gasteiger partial charge >= 0.3 is 0 Å². The zero-order valence-electron chi connectivity index (χ0n) is 9.94. The van der Waals surface area contributed by atoms with Gasteiger partial charge in [0.15, 0.2) is 5.82 Å². The molecular formula is C12H15FN4. The van der Waals surface area contributed by atoms with Gasteiger partial charge in [-0.2, -0.15) is 5.10 Å². The van der Waals surface area contributed by atoms with Gasteiger partial charge < -0.3 is 5.32 Å². The molecule has 1 aromatic carbocycles. The first-order chi connectivity index (χ1) is 8.15. The van der Waals surface area contributed by atoms with Crippen LogP contribution in [0.2, 0.25) is 0 Å². The van der Waals surface area contributed by atoms with Crippen LogP contribution >= 0.6 is 0 Å². The van der Waals surface area contributed by atoms with Crippen molar-refractivity contribution in [2.24, 2.45) is 7.05 Å². The molecule has 0 aliphatic rings. The standard InChI is InChI=1S/C12H15FN4/c1-9-5-11(13)4-3-10(9)6-14-7-12-15-8-17(2)16-12/h3-5,8,14H,6-7H2,1-2H3. The highest BCUT2D eigenvalue weighted by Gasteiger charge is 2.01. The third-order valence-corrected chi connectivity index (χ3v) is 2.55. The predicted octanol–water partition coefficient (Wildman–Crippen LogP) is 1.55. The maximum atomic E-state index is 12.9. The number of hydrogen-bond donors (Lipinski definition) is 1. The fraction of sp³-hybridized carbons (Fsp3) is 0.333. The molecule has 0 fully saturated rings. The summed E-state index contributed by atoms with van der Waals surface area (Å²) in [6.07, 6.45) is 1.67. The average molecular weight is 234 g/mol. The minimum atomic E-state index is -0.197. The van der Waals surface area contributed by atoms with Crippen LogP contribution in [-0.4, -0.2) is 14.8 Å². The average Bonchev–Trinajstić information content (AvgIpc) is 2.68. The summed E-state index contributed by atoms with van der Waals surface area (Å²) in [6, 6.07) is 4.81. The van der Waals surface area contributed by atoms with Crippen molar-refractivity contribution < 1.29 is 4.39 Å². The number of nitrogens with one attached hydrogen (secondary N) is 1. The minimum absolute atomic E-state index is 0.197. The molecule has 0 unspecified atom stereocenters. The number of aromatic nitrogens is 3. The lowest BCUT2D eigenvalue weighted by atomic mass is 10.1. The Morgan fingerprint density at radius 3 is 2.82 bits per heavy atom. The Kier molecular flexibility index (Phi) is 3.49. The fourth-order valence-electron chi connectivity index (χ4n) is 1.63. The second-order valence-corrected chi connectivity index (χ2v) is 4.01. The minimum Gasteiger partial charge on any atom is -0.306 e. The Balaban J connectivity index is 1.90. The van der Waals surface area contributed by atoms with Crippen LogP contribution in [0.4, 0.5) is 4.39 Å². The van der Waals surface area contributed by atoms with E-state index in [0.29, 0.717) is 13.1 Å². The number of nitrogens with zero attached hydrogens (tertiary/aromatic N) is 3. The number of rotatable bonds is 4. The summed E-state index contributed by atoms with van der Waals surface area (Å²) in [4.78, 5) is 4.11.